The van der Waals surface area contributed by atoms with E-state index in [1.165, 1.54) is 38.5 Å². The monoisotopic (exact) mass is 502 g/mol. The minimum atomic E-state index is 0.122. The highest BCUT2D eigenvalue weighted by molar-refractivity contribution is 5.91. The van der Waals surface area contributed by atoms with Crippen LogP contribution in [0.5, 0.6) is 0 Å². The van der Waals surface area contributed by atoms with Crippen LogP contribution in [0, 0.1) is 0 Å². The SMILES string of the molecule is O=C(C=Cc1ccccc1)N1CCCC(N2CCCCC(Nc3nccc(N4CCCCCC4)n3)C2)C1. The van der Waals surface area contributed by atoms with Crippen molar-refractivity contribution in [2.24, 2.45) is 0 Å². The molecule has 1 aromatic heterocycles. The van der Waals surface area contributed by atoms with E-state index in [-0.39, 0.29) is 5.91 Å². The maximum atomic E-state index is 12.9. The fourth-order valence-corrected chi connectivity index (χ4v) is 5.99. The summed E-state index contributed by atoms with van der Waals surface area (Å²) in [5.41, 5.74) is 1.06. The van der Waals surface area contributed by atoms with Gasteiger partial charge in [0.15, 0.2) is 0 Å². The molecule has 198 valence electrons. The van der Waals surface area contributed by atoms with Gasteiger partial charge in [-0.15, -0.1) is 0 Å². The molecule has 0 spiro atoms. The Morgan fingerprint density at radius 3 is 2.51 bits per heavy atom. The summed E-state index contributed by atoms with van der Waals surface area (Å²) in [6, 6.07) is 12.8. The number of carbonyl (C=O) groups is 1. The van der Waals surface area contributed by atoms with Crippen LogP contribution in [-0.2, 0) is 4.79 Å². The second-order valence-corrected chi connectivity index (χ2v) is 10.8. The topological polar surface area (TPSA) is 64.6 Å². The minimum absolute atomic E-state index is 0.122. The standard InChI is InChI=1S/C30H42N6O/c37-29(16-15-25-11-4-3-5-12-25)36-22-10-14-27(24-36)35-21-9-6-13-26(23-35)32-30-31-18-17-28(33-30)34-19-7-1-2-8-20-34/h3-5,11-12,15-18,26-27H,1-2,6-10,13-14,19-24H2,(H,31,32,33). The van der Waals surface area contributed by atoms with Crippen molar-refractivity contribution in [2.45, 2.75) is 69.9 Å². The van der Waals surface area contributed by atoms with Gasteiger partial charge in [-0.25, -0.2) is 4.98 Å². The molecule has 2 unspecified atom stereocenters. The number of hydrogen-bond acceptors (Lipinski definition) is 6. The van der Waals surface area contributed by atoms with Crippen LogP contribution in [0.15, 0.2) is 48.7 Å². The summed E-state index contributed by atoms with van der Waals surface area (Å²) < 4.78 is 0. The lowest BCUT2D eigenvalue weighted by atomic mass is 10.0. The first kappa shape index (κ1) is 25.7. The van der Waals surface area contributed by atoms with Gasteiger partial charge in [0.1, 0.15) is 5.82 Å². The van der Waals surface area contributed by atoms with Crippen LogP contribution in [0.2, 0.25) is 0 Å². The second-order valence-electron chi connectivity index (χ2n) is 10.8. The predicted octanol–water partition coefficient (Wildman–Crippen LogP) is 4.83. The molecule has 37 heavy (non-hydrogen) atoms. The molecule has 3 saturated heterocycles. The number of piperidine rings is 1. The van der Waals surface area contributed by atoms with E-state index in [0.717, 1.165) is 75.9 Å². The van der Waals surface area contributed by atoms with Crippen LogP contribution in [-0.4, -0.2) is 77.0 Å². The van der Waals surface area contributed by atoms with Gasteiger partial charge in [-0.1, -0.05) is 49.6 Å². The van der Waals surface area contributed by atoms with E-state index >= 15 is 0 Å². The average molecular weight is 503 g/mol. The van der Waals surface area contributed by atoms with E-state index < -0.39 is 0 Å². The number of amides is 1. The minimum Gasteiger partial charge on any atom is -0.356 e. The molecular weight excluding hydrogens is 460 g/mol. The van der Waals surface area contributed by atoms with Crippen LogP contribution in [0.1, 0.15) is 63.4 Å². The van der Waals surface area contributed by atoms with Gasteiger partial charge in [0.2, 0.25) is 11.9 Å². The third kappa shape index (κ3) is 7.31. The molecule has 3 aliphatic rings. The van der Waals surface area contributed by atoms with Gasteiger partial charge < -0.3 is 15.1 Å². The lowest BCUT2D eigenvalue weighted by Crippen LogP contribution is -2.51. The zero-order chi connectivity index (χ0) is 25.3. The number of likely N-dealkylation sites (tertiary alicyclic amines) is 2. The number of anilines is 2. The Kier molecular flexibility index (Phi) is 9.06. The normalized spacial score (nSPS) is 24.0. The lowest BCUT2D eigenvalue weighted by Gasteiger charge is -2.39. The van der Waals surface area contributed by atoms with Crippen LogP contribution in [0.3, 0.4) is 0 Å². The van der Waals surface area contributed by atoms with E-state index in [2.05, 4.69) is 26.2 Å². The Hall–Kier alpha value is -2.93. The van der Waals surface area contributed by atoms with Gasteiger partial charge in [-0.2, -0.15) is 4.98 Å². The zero-order valence-electron chi connectivity index (χ0n) is 22.1. The van der Waals surface area contributed by atoms with Crippen LogP contribution >= 0.6 is 0 Å². The molecule has 1 N–H and O–H groups in total. The smallest absolute Gasteiger partial charge is 0.246 e. The number of carbonyl (C=O) groups excluding carboxylic acids is 1. The lowest BCUT2D eigenvalue weighted by molar-refractivity contribution is -0.128. The molecule has 1 aromatic carbocycles. The van der Waals surface area contributed by atoms with Crippen molar-refractivity contribution < 1.29 is 4.79 Å². The summed E-state index contributed by atoms with van der Waals surface area (Å²) in [4.78, 5) is 29.5. The largest absolute Gasteiger partial charge is 0.356 e. The van der Waals surface area contributed by atoms with E-state index in [9.17, 15) is 4.79 Å². The number of nitrogens with one attached hydrogen (secondary N) is 1. The fraction of sp³-hybridized carbons (Fsp3) is 0.567. The van der Waals surface area contributed by atoms with Crippen LogP contribution in [0.25, 0.3) is 6.08 Å². The highest BCUT2D eigenvalue weighted by atomic mass is 16.2. The van der Waals surface area contributed by atoms with Gasteiger partial charge in [-0.05, 0) is 62.8 Å². The molecule has 3 aliphatic heterocycles. The highest BCUT2D eigenvalue weighted by Gasteiger charge is 2.30. The number of benzene rings is 1. The number of nitrogens with zero attached hydrogens (tertiary/aromatic N) is 5. The van der Waals surface area contributed by atoms with Crippen molar-refractivity contribution in [3.8, 4) is 0 Å². The van der Waals surface area contributed by atoms with Crippen molar-refractivity contribution in [1.82, 2.24) is 19.8 Å². The van der Waals surface area contributed by atoms with Crippen molar-refractivity contribution in [1.29, 1.82) is 0 Å². The molecule has 1 amide bonds. The average Bonchev–Trinajstić information content (AvgIpc) is 3.36. The van der Waals surface area contributed by atoms with Crippen LogP contribution < -0.4 is 10.2 Å². The van der Waals surface area contributed by atoms with Crippen LogP contribution in [0.4, 0.5) is 11.8 Å². The molecule has 7 nitrogen and oxygen atoms in total. The van der Waals surface area contributed by atoms with Crippen molar-refractivity contribution >= 4 is 23.7 Å². The van der Waals surface area contributed by atoms with Gasteiger partial charge in [0.25, 0.3) is 0 Å². The summed E-state index contributed by atoms with van der Waals surface area (Å²) in [7, 11) is 0. The molecule has 7 heteroatoms. The number of rotatable bonds is 6. The summed E-state index contributed by atoms with van der Waals surface area (Å²) in [5.74, 6) is 1.92. The molecule has 4 heterocycles. The molecule has 0 aliphatic carbocycles. The molecule has 2 atom stereocenters. The third-order valence-electron chi connectivity index (χ3n) is 8.05. The summed E-state index contributed by atoms with van der Waals surface area (Å²) in [6.07, 6.45) is 16.4. The molecular formula is C30H42N6O. The van der Waals surface area contributed by atoms with E-state index in [1.807, 2.05) is 47.5 Å². The Balaban J connectivity index is 1.18. The van der Waals surface area contributed by atoms with E-state index in [4.69, 9.17) is 4.98 Å². The first-order valence-corrected chi connectivity index (χ1v) is 14.4. The second kappa shape index (κ2) is 13.0. The summed E-state index contributed by atoms with van der Waals surface area (Å²) in [5, 5.41) is 3.68. The molecule has 0 saturated carbocycles. The van der Waals surface area contributed by atoms with Gasteiger partial charge in [0, 0.05) is 57.1 Å². The number of aromatic nitrogens is 2. The fourth-order valence-electron chi connectivity index (χ4n) is 5.99. The third-order valence-corrected chi connectivity index (χ3v) is 8.05. The first-order chi connectivity index (χ1) is 18.2. The van der Waals surface area contributed by atoms with Crippen molar-refractivity contribution in [2.75, 3.05) is 49.5 Å². The molecule has 3 fully saturated rings. The van der Waals surface area contributed by atoms with E-state index in [0.29, 0.717) is 12.1 Å². The predicted molar refractivity (Wildman–Crippen MR) is 151 cm³/mol. The molecule has 2 aromatic rings. The summed E-state index contributed by atoms with van der Waals surface area (Å²) >= 11 is 0. The maximum Gasteiger partial charge on any atom is 0.246 e. The molecule has 0 radical (unpaired) electrons. The van der Waals surface area contributed by atoms with Gasteiger partial charge >= 0.3 is 0 Å². The highest BCUT2D eigenvalue weighted by Crippen LogP contribution is 2.23. The van der Waals surface area contributed by atoms with E-state index in [1.54, 1.807) is 6.08 Å². The molecule has 5 rings (SSSR count). The van der Waals surface area contributed by atoms with Gasteiger partial charge in [0.05, 0.1) is 0 Å². The van der Waals surface area contributed by atoms with Crippen molar-refractivity contribution in [3.63, 3.8) is 0 Å². The Morgan fingerprint density at radius 2 is 1.68 bits per heavy atom. The zero-order valence-corrected chi connectivity index (χ0v) is 22.1. The Bertz CT molecular complexity index is 1020. The van der Waals surface area contributed by atoms with Crippen molar-refractivity contribution in [3.05, 3.63) is 54.2 Å². The maximum absolute atomic E-state index is 12.9. The van der Waals surface area contributed by atoms with Gasteiger partial charge in [-0.3, -0.25) is 9.69 Å². The quantitative estimate of drug-likeness (QED) is 0.571. The molecule has 0 bridgehead atoms. The Labute approximate surface area is 222 Å². The summed E-state index contributed by atoms with van der Waals surface area (Å²) in [6.45, 7) is 5.91. The number of hydrogen-bond donors (Lipinski definition) is 1. The Morgan fingerprint density at radius 1 is 0.865 bits per heavy atom. The first-order valence-electron chi connectivity index (χ1n) is 14.4.